The standard InChI is InChI=1S/C12H7BrFN3OS/c13-7-3-6(4-8(14)5-7)11-16-12(18-17-11)9-1-2-19-10(9)15/h1-5H,15H2. The summed E-state index contributed by atoms with van der Waals surface area (Å²) >= 11 is 4.61. The van der Waals surface area contributed by atoms with Gasteiger partial charge < -0.3 is 10.3 Å². The SMILES string of the molecule is Nc1sccc1-c1nc(-c2cc(F)cc(Br)c2)no1. The highest BCUT2D eigenvalue weighted by Crippen LogP contribution is 2.31. The Hall–Kier alpha value is -1.73. The van der Waals surface area contributed by atoms with Gasteiger partial charge in [-0.05, 0) is 29.6 Å². The molecule has 0 saturated carbocycles. The Bertz CT molecular complexity index is 720. The van der Waals surface area contributed by atoms with Crippen molar-refractivity contribution in [3.05, 3.63) is 39.9 Å². The maximum atomic E-state index is 13.3. The van der Waals surface area contributed by atoms with E-state index in [-0.39, 0.29) is 5.82 Å². The highest BCUT2D eigenvalue weighted by atomic mass is 79.9. The van der Waals surface area contributed by atoms with Crippen LogP contribution in [0, 0.1) is 5.82 Å². The molecule has 3 rings (SSSR count). The molecule has 0 aliphatic heterocycles. The molecule has 0 bridgehead atoms. The lowest BCUT2D eigenvalue weighted by Gasteiger charge is -1.96. The molecule has 0 radical (unpaired) electrons. The van der Waals surface area contributed by atoms with Crippen LogP contribution in [0.2, 0.25) is 0 Å². The fourth-order valence-electron chi connectivity index (χ4n) is 1.63. The Labute approximate surface area is 120 Å². The number of hydrogen-bond donors (Lipinski definition) is 1. The number of hydrogen-bond acceptors (Lipinski definition) is 5. The Balaban J connectivity index is 2.04. The van der Waals surface area contributed by atoms with Crippen molar-refractivity contribution in [3.63, 3.8) is 0 Å². The van der Waals surface area contributed by atoms with Crippen molar-refractivity contribution in [1.82, 2.24) is 10.1 Å². The van der Waals surface area contributed by atoms with Gasteiger partial charge in [-0.15, -0.1) is 11.3 Å². The van der Waals surface area contributed by atoms with Crippen LogP contribution in [0.15, 0.2) is 38.6 Å². The monoisotopic (exact) mass is 339 g/mol. The zero-order chi connectivity index (χ0) is 13.4. The third-order valence-corrected chi connectivity index (χ3v) is 3.68. The van der Waals surface area contributed by atoms with Gasteiger partial charge in [-0.2, -0.15) is 4.98 Å². The molecule has 1 aromatic carbocycles. The summed E-state index contributed by atoms with van der Waals surface area (Å²) in [6.45, 7) is 0. The average Bonchev–Trinajstić information content (AvgIpc) is 2.95. The number of thiophene rings is 1. The molecule has 0 atom stereocenters. The molecule has 0 aliphatic rings. The minimum Gasteiger partial charge on any atom is -0.390 e. The number of halogens is 2. The van der Waals surface area contributed by atoms with Crippen molar-refractivity contribution in [2.45, 2.75) is 0 Å². The number of benzene rings is 1. The van der Waals surface area contributed by atoms with Gasteiger partial charge in [-0.3, -0.25) is 0 Å². The van der Waals surface area contributed by atoms with Crippen LogP contribution in [0.4, 0.5) is 9.39 Å². The first-order valence-corrected chi connectivity index (χ1v) is 6.94. The van der Waals surface area contributed by atoms with E-state index in [0.717, 1.165) is 0 Å². The molecule has 2 N–H and O–H groups in total. The molecule has 0 saturated heterocycles. The van der Waals surface area contributed by atoms with Crippen LogP contribution < -0.4 is 5.73 Å². The van der Waals surface area contributed by atoms with E-state index in [0.29, 0.717) is 32.3 Å². The van der Waals surface area contributed by atoms with E-state index in [1.54, 1.807) is 12.1 Å². The Morgan fingerprint density at radius 1 is 1.32 bits per heavy atom. The third kappa shape index (κ3) is 2.39. The third-order valence-electron chi connectivity index (χ3n) is 2.47. The molecule has 2 heterocycles. The first-order chi connectivity index (χ1) is 9.13. The lowest BCUT2D eigenvalue weighted by atomic mass is 10.2. The van der Waals surface area contributed by atoms with Gasteiger partial charge in [0.15, 0.2) is 0 Å². The van der Waals surface area contributed by atoms with Crippen LogP contribution in [0.3, 0.4) is 0 Å². The van der Waals surface area contributed by atoms with Crippen LogP contribution in [-0.4, -0.2) is 10.1 Å². The van der Waals surface area contributed by atoms with E-state index in [2.05, 4.69) is 26.1 Å². The molecule has 0 aliphatic carbocycles. The number of rotatable bonds is 2. The molecule has 4 nitrogen and oxygen atoms in total. The van der Waals surface area contributed by atoms with Crippen LogP contribution in [-0.2, 0) is 0 Å². The smallest absolute Gasteiger partial charge is 0.261 e. The molecule has 7 heteroatoms. The first kappa shape index (κ1) is 12.3. The summed E-state index contributed by atoms with van der Waals surface area (Å²) in [5, 5.41) is 6.29. The van der Waals surface area contributed by atoms with Crippen LogP contribution in [0.1, 0.15) is 0 Å². The Kier molecular flexibility index (Phi) is 3.08. The summed E-state index contributed by atoms with van der Waals surface area (Å²) in [5.41, 5.74) is 7.02. The van der Waals surface area contributed by atoms with Crippen molar-refractivity contribution < 1.29 is 8.91 Å². The fraction of sp³-hybridized carbons (Fsp3) is 0. The zero-order valence-electron chi connectivity index (χ0n) is 9.43. The van der Waals surface area contributed by atoms with Gasteiger partial charge in [0.25, 0.3) is 5.89 Å². The lowest BCUT2D eigenvalue weighted by molar-refractivity contribution is 0.432. The van der Waals surface area contributed by atoms with Gasteiger partial charge in [0, 0.05) is 10.0 Å². The summed E-state index contributed by atoms with van der Waals surface area (Å²) in [5.74, 6) is 0.278. The fourth-order valence-corrected chi connectivity index (χ4v) is 2.73. The molecular formula is C12H7BrFN3OS. The van der Waals surface area contributed by atoms with Gasteiger partial charge in [-0.1, -0.05) is 21.1 Å². The van der Waals surface area contributed by atoms with E-state index >= 15 is 0 Å². The van der Waals surface area contributed by atoms with E-state index in [4.69, 9.17) is 10.3 Å². The summed E-state index contributed by atoms with van der Waals surface area (Å²) in [6, 6.07) is 6.23. The van der Waals surface area contributed by atoms with Crippen LogP contribution in [0.5, 0.6) is 0 Å². The summed E-state index contributed by atoms with van der Waals surface area (Å²) in [7, 11) is 0. The van der Waals surface area contributed by atoms with Crippen molar-refractivity contribution in [3.8, 4) is 22.8 Å². The van der Waals surface area contributed by atoms with Gasteiger partial charge in [0.1, 0.15) is 5.82 Å². The molecule has 19 heavy (non-hydrogen) atoms. The summed E-state index contributed by atoms with van der Waals surface area (Å²) < 4.78 is 19.1. The minimum atomic E-state index is -0.370. The normalized spacial score (nSPS) is 10.8. The molecule has 0 spiro atoms. The van der Waals surface area contributed by atoms with Crippen molar-refractivity contribution >= 4 is 32.3 Å². The number of nitrogen functional groups attached to an aromatic ring is 1. The van der Waals surface area contributed by atoms with Crippen LogP contribution >= 0.6 is 27.3 Å². The first-order valence-electron chi connectivity index (χ1n) is 5.27. The number of aromatic nitrogens is 2. The quantitative estimate of drug-likeness (QED) is 0.767. The molecule has 96 valence electrons. The number of nitrogens with two attached hydrogens (primary N) is 1. The highest BCUT2D eigenvalue weighted by Gasteiger charge is 2.14. The van der Waals surface area contributed by atoms with E-state index in [1.165, 1.54) is 23.5 Å². The van der Waals surface area contributed by atoms with Gasteiger partial charge in [0.2, 0.25) is 5.82 Å². The number of anilines is 1. The van der Waals surface area contributed by atoms with Crippen LogP contribution in [0.25, 0.3) is 22.8 Å². The second kappa shape index (κ2) is 4.75. The van der Waals surface area contributed by atoms with Gasteiger partial charge >= 0.3 is 0 Å². The van der Waals surface area contributed by atoms with Gasteiger partial charge in [-0.25, -0.2) is 4.39 Å². The Morgan fingerprint density at radius 2 is 2.16 bits per heavy atom. The van der Waals surface area contributed by atoms with E-state index in [1.807, 2.05) is 5.38 Å². The van der Waals surface area contributed by atoms with E-state index < -0.39 is 0 Å². The molecular weight excluding hydrogens is 333 g/mol. The van der Waals surface area contributed by atoms with Crippen molar-refractivity contribution in [2.75, 3.05) is 5.73 Å². The molecule has 3 aromatic rings. The van der Waals surface area contributed by atoms with Crippen molar-refractivity contribution in [2.24, 2.45) is 0 Å². The van der Waals surface area contributed by atoms with Crippen molar-refractivity contribution in [1.29, 1.82) is 0 Å². The largest absolute Gasteiger partial charge is 0.390 e. The molecule has 0 amide bonds. The van der Waals surface area contributed by atoms with Gasteiger partial charge in [0.05, 0.1) is 10.6 Å². The average molecular weight is 340 g/mol. The predicted molar refractivity (Wildman–Crippen MR) is 75.1 cm³/mol. The predicted octanol–water partition coefficient (Wildman–Crippen LogP) is 3.95. The second-order valence-electron chi connectivity index (χ2n) is 3.78. The number of nitrogens with zero attached hydrogens (tertiary/aromatic N) is 2. The molecule has 2 aromatic heterocycles. The Morgan fingerprint density at radius 3 is 2.84 bits per heavy atom. The summed E-state index contributed by atoms with van der Waals surface area (Å²) in [6.07, 6.45) is 0. The minimum absolute atomic E-state index is 0.320. The van der Waals surface area contributed by atoms with E-state index in [9.17, 15) is 4.39 Å². The molecule has 0 unspecified atom stereocenters. The zero-order valence-corrected chi connectivity index (χ0v) is 11.8. The topological polar surface area (TPSA) is 64.9 Å². The molecule has 0 fully saturated rings. The maximum absolute atomic E-state index is 13.3. The lowest BCUT2D eigenvalue weighted by Crippen LogP contribution is -1.85. The highest BCUT2D eigenvalue weighted by molar-refractivity contribution is 9.10. The maximum Gasteiger partial charge on any atom is 0.261 e. The second-order valence-corrected chi connectivity index (χ2v) is 5.64. The summed E-state index contributed by atoms with van der Waals surface area (Å²) in [4.78, 5) is 4.23.